The lowest BCUT2D eigenvalue weighted by Crippen LogP contribution is -2.56. The Hall–Kier alpha value is -8.65. The van der Waals surface area contributed by atoms with Crippen LogP contribution < -0.4 is 37.2 Å². The molecule has 30 nitrogen and oxygen atoms in total. The molecule has 0 spiro atoms. The first-order valence-electron chi connectivity index (χ1n) is 26.1. The molecule has 5 amide bonds. The number of carbonyl (C=O) groups is 12. The van der Waals surface area contributed by atoms with Crippen molar-refractivity contribution in [3.05, 3.63) is 83.6 Å². The van der Waals surface area contributed by atoms with Gasteiger partial charge in [0, 0.05) is 97.6 Å². The van der Waals surface area contributed by atoms with Gasteiger partial charge in [0.05, 0.1) is 26.2 Å². The van der Waals surface area contributed by atoms with Crippen molar-refractivity contribution in [3.63, 3.8) is 0 Å². The predicted octanol–water partition coefficient (Wildman–Crippen LogP) is -3.36. The Morgan fingerprint density at radius 1 is 0.458 bits per heavy atom. The lowest BCUT2D eigenvalue weighted by Gasteiger charge is -2.33. The molecule has 4 atom stereocenters. The zero-order chi connectivity index (χ0) is 61.4. The van der Waals surface area contributed by atoms with Gasteiger partial charge < -0.3 is 73.0 Å². The van der Waals surface area contributed by atoms with Crippen LogP contribution in [0, 0.1) is 0 Å². The van der Waals surface area contributed by atoms with Crippen LogP contribution in [0.1, 0.15) is 43.2 Å². The minimum atomic E-state index is -1.65. The van der Waals surface area contributed by atoms with Gasteiger partial charge in [0.2, 0.25) is 29.5 Å². The number of aliphatic carboxylic acids is 7. The van der Waals surface area contributed by atoms with Crippen molar-refractivity contribution in [2.24, 2.45) is 0 Å². The Balaban J connectivity index is 1.71. The zero-order valence-electron chi connectivity index (χ0n) is 45.2. The third-order valence-corrected chi connectivity index (χ3v) is 12.7. The maximum atomic E-state index is 14.4. The minimum absolute atomic E-state index is 0.0870. The van der Waals surface area contributed by atoms with Gasteiger partial charge in [-0.1, -0.05) is 60.7 Å². The molecule has 2 aromatic rings. The van der Waals surface area contributed by atoms with Crippen LogP contribution in [0.4, 0.5) is 0 Å². The molecule has 1 fully saturated rings. The summed E-state index contributed by atoms with van der Waals surface area (Å²) in [5.41, 5.74) is 0.411. The van der Waals surface area contributed by atoms with E-state index in [9.17, 15) is 88.2 Å². The monoisotopic (exact) mass is 1190 g/mol. The Morgan fingerprint density at radius 3 is 1.25 bits per heavy atom. The van der Waals surface area contributed by atoms with Crippen LogP contribution >= 0.6 is 12.2 Å². The van der Waals surface area contributed by atoms with E-state index in [4.69, 9.17) is 17.3 Å². The number of hydrogen-bond acceptors (Lipinski definition) is 17. The molecule has 454 valence electrons. The van der Waals surface area contributed by atoms with Crippen molar-refractivity contribution in [1.82, 2.24) is 56.8 Å². The third-order valence-electron chi connectivity index (χ3n) is 12.5. The molecule has 0 aromatic heterocycles. The number of carbonyl (C=O) groups excluding carboxylic acids is 5. The third kappa shape index (κ3) is 29.1. The largest absolute Gasteiger partial charge is 0.481 e. The molecule has 0 saturated carbocycles. The van der Waals surface area contributed by atoms with Crippen molar-refractivity contribution < 1.29 is 93.3 Å². The lowest BCUT2D eigenvalue weighted by molar-refractivity contribution is -0.141. The number of nitrogens with zero attached hydrogens (tertiary/aromatic N) is 4. The summed E-state index contributed by atoms with van der Waals surface area (Å²) >= 11 is 4.98. The van der Waals surface area contributed by atoms with Crippen molar-refractivity contribution in [2.75, 3.05) is 91.6 Å². The summed E-state index contributed by atoms with van der Waals surface area (Å²) in [6.45, 7) is -0.806. The van der Waals surface area contributed by atoms with Gasteiger partial charge in [-0.15, -0.1) is 0 Å². The fourth-order valence-electron chi connectivity index (χ4n) is 8.21. The van der Waals surface area contributed by atoms with E-state index in [1.54, 1.807) is 80.3 Å². The summed E-state index contributed by atoms with van der Waals surface area (Å²) in [5, 5.41) is 83.5. The second-order valence-electron chi connectivity index (χ2n) is 19.0. The first-order chi connectivity index (χ1) is 39.4. The molecule has 1 aliphatic heterocycles. The number of nitrogens with one attached hydrogen (secondary N) is 7. The van der Waals surface area contributed by atoms with E-state index >= 15 is 0 Å². The summed E-state index contributed by atoms with van der Waals surface area (Å²) in [6, 6.07) is 11.2. The van der Waals surface area contributed by atoms with E-state index in [1.807, 2.05) is 0 Å². The topological polar surface area (TPSA) is 444 Å². The maximum Gasteiger partial charge on any atom is 0.352 e. The highest BCUT2D eigenvalue weighted by atomic mass is 32.1. The molecule has 1 saturated heterocycles. The van der Waals surface area contributed by atoms with E-state index in [0.717, 1.165) is 6.08 Å². The Kier molecular flexibility index (Phi) is 30.3. The zero-order valence-corrected chi connectivity index (χ0v) is 46.1. The summed E-state index contributed by atoms with van der Waals surface area (Å²) in [5.74, 6) is -13.1. The summed E-state index contributed by atoms with van der Waals surface area (Å²) < 4.78 is 0. The van der Waals surface area contributed by atoms with Gasteiger partial charge >= 0.3 is 41.8 Å². The predicted molar refractivity (Wildman–Crippen MR) is 295 cm³/mol. The Bertz CT molecular complexity index is 2580. The van der Waals surface area contributed by atoms with Gasteiger partial charge in [0.25, 0.3) is 0 Å². The lowest BCUT2D eigenvalue weighted by atomic mass is 10.0. The number of thiocarbonyl (C=S) groups is 1. The van der Waals surface area contributed by atoms with Crippen LogP contribution in [0.5, 0.6) is 0 Å². The molecule has 0 aliphatic carbocycles. The molecule has 1 aliphatic rings. The highest BCUT2D eigenvalue weighted by Crippen LogP contribution is 2.10. The fraction of sp³-hybridized carbons (Fsp3) is 0.481. The minimum Gasteiger partial charge on any atom is -0.481 e. The number of amides is 5. The molecule has 14 N–H and O–H groups in total. The van der Waals surface area contributed by atoms with E-state index in [1.165, 1.54) is 0 Å². The normalized spacial score (nSPS) is 15.4. The van der Waals surface area contributed by atoms with Crippen molar-refractivity contribution in [3.8, 4) is 0 Å². The number of carboxylic acids is 7. The van der Waals surface area contributed by atoms with E-state index in [-0.39, 0.29) is 111 Å². The van der Waals surface area contributed by atoms with Gasteiger partial charge in [-0.3, -0.25) is 62.8 Å². The Morgan fingerprint density at radius 2 is 0.855 bits per heavy atom. The highest BCUT2D eigenvalue weighted by Gasteiger charge is 2.30. The SMILES string of the molecule is O=C(O)CC[C@H](NC(=S)N[C@@H](CCC(=O)NCCNC(=O)C/C=C(/NC(=O)C(Cc1ccccc1)NC(=O)C(Cc1ccccc1)NC(=O)CN1CCN(CC(=O)O)CCN(CC(=O)O)CCN(CC(=O)O)CC1)C(=O)O)C(=O)O)C(=O)O. The van der Waals surface area contributed by atoms with Crippen LogP contribution in [-0.4, -0.2) is 248 Å². The summed E-state index contributed by atoms with van der Waals surface area (Å²) in [7, 11) is 0. The number of rotatable bonds is 33. The van der Waals surface area contributed by atoms with Crippen LogP contribution in [0.25, 0.3) is 0 Å². The van der Waals surface area contributed by atoms with E-state index in [0.29, 0.717) is 11.1 Å². The molecule has 0 radical (unpaired) electrons. The van der Waals surface area contributed by atoms with Gasteiger partial charge in [-0.25, -0.2) is 14.4 Å². The second kappa shape index (κ2) is 36.7. The van der Waals surface area contributed by atoms with Crippen molar-refractivity contribution in [1.29, 1.82) is 0 Å². The fourth-order valence-corrected chi connectivity index (χ4v) is 8.49. The van der Waals surface area contributed by atoms with Gasteiger partial charge in [0.15, 0.2) is 5.11 Å². The van der Waals surface area contributed by atoms with Crippen LogP contribution in [0.3, 0.4) is 0 Å². The van der Waals surface area contributed by atoms with Gasteiger partial charge in [0.1, 0.15) is 29.9 Å². The molecule has 31 heteroatoms. The molecular formula is C52H71N11O19S. The average molecular weight is 1190 g/mol. The highest BCUT2D eigenvalue weighted by molar-refractivity contribution is 7.80. The first kappa shape index (κ1) is 68.6. The molecule has 2 aromatic carbocycles. The summed E-state index contributed by atoms with van der Waals surface area (Å²) in [4.78, 5) is 156. The molecule has 2 unspecified atom stereocenters. The number of hydrogen-bond donors (Lipinski definition) is 14. The quantitative estimate of drug-likeness (QED) is 0.0189. The molecule has 83 heavy (non-hydrogen) atoms. The van der Waals surface area contributed by atoms with Gasteiger partial charge in [-0.2, -0.15) is 0 Å². The number of benzene rings is 2. The molecule has 1 heterocycles. The van der Waals surface area contributed by atoms with E-state index < -0.39 is 132 Å². The first-order valence-corrected chi connectivity index (χ1v) is 26.5. The smallest absolute Gasteiger partial charge is 0.352 e. The molecule has 0 bridgehead atoms. The maximum absolute atomic E-state index is 14.4. The van der Waals surface area contributed by atoms with Crippen LogP contribution in [0.15, 0.2) is 72.4 Å². The van der Waals surface area contributed by atoms with E-state index in [2.05, 4.69) is 37.2 Å². The molecule has 3 rings (SSSR count). The van der Waals surface area contributed by atoms with Crippen LogP contribution in [-0.2, 0) is 70.4 Å². The Labute approximate surface area is 481 Å². The second-order valence-corrected chi connectivity index (χ2v) is 19.4. The average Bonchev–Trinajstić information content (AvgIpc) is 3.53. The molecular weight excluding hydrogens is 1110 g/mol. The van der Waals surface area contributed by atoms with Crippen LogP contribution in [0.2, 0.25) is 0 Å². The summed E-state index contributed by atoms with van der Waals surface area (Å²) in [6.07, 6.45) is -1.49. The van der Waals surface area contributed by atoms with Crippen molar-refractivity contribution in [2.45, 2.75) is 69.1 Å². The standard InChI is InChI=1S/C52H71N11O19S/c64-40(53-17-18-54-41(65)15-12-36(50(79)80)58-52(83)59-37(51(81)82)13-16-43(67)68)14-11-35(49(77)78)56-48(76)39(28-34-9-5-2-6-10-34)57-47(75)38(27-33-7-3-1-4-8-33)55-42(66)29-60-19-21-61(30-44(69)70)23-25-63(32-46(73)74)26-24-62(22-20-60)31-45(71)72/h1-11,36-39H,12-32H2,(H,53,64)(H,54,65)(H,55,66)(H,56,76)(H,57,75)(H,67,68)(H,69,70)(H,71,72)(H,73,74)(H,77,78)(H,79,80)(H,81,82)(H2,58,59,83)/b35-11+/t36-,37-,38?,39?/m0/s1. The van der Waals surface area contributed by atoms with Crippen molar-refractivity contribution >= 4 is 88.7 Å². The van der Waals surface area contributed by atoms with Gasteiger partial charge in [-0.05, 0) is 42.3 Å². The number of carboxylic acid groups (broad SMARTS) is 7.